The molecule has 2 aliphatic rings. The summed E-state index contributed by atoms with van der Waals surface area (Å²) < 4.78 is 5.37. The Morgan fingerprint density at radius 3 is 2.30 bits per heavy atom. The number of morpholine rings is 1. The molecule has 2 aliphatic heterocycles. The first-order valence-corrected chi connectivity index (χ1v) is 10.1. The van der Waals surface area contributed by atoms with Crippen LogP contribution in [0.5, 0.6) is 0 Å². The van der Waals surface area contributed by atoms with E-state index in [0.717, 1.165) is 31.6 Å². The lowest BCUT2D eigenvalue weighted by atomic mass is 9.96. The van der Waals surface area contributed by atoms with E-state index in [2.05, 4.69) is 14.9 Å². The number of carbonyl (C=O) groups is 2. The van der Waals surface area contributed by atoms with Gasteiger partial charge in [0.2, 0.25) is 0 Å². The molecule has 156 valence electrons. The molecule has 30 heavy (non-hydrogen) atoms. The van der Waals surface area contributed by atoms with Crippen LogP contribution >= 0.6 is 0 Å². The number of aliphatic hydroxyl groups excluding tert-OH is 1. The lowest BCUT2D eigenvalue weighted by molar-refractivity contribution is -0.140. The number of ketones is 1. The van der Waals surface area contributed by atoms with Gasteiger partial charge in [-0.2, -0.15) is 0 Å². The van der Waals surface area contributed by atoms with E-state index in [1.165, 1.54) is 12.4 Å². The number of ether oxygens (including phenoxy) is 1. The van der Waals surface area contributed by atoms with Crippen molar-refractivity contribution in [3.8, 4) is 0 Å². The Balaban J connectivity index is 1.63. The summed E-state index contributed by atoms with van der Waals surface area (Å²) in [6.45, 7) is 4.41. The summed E-state index contributed by atoms with van der Waals surface area (Å²) in [6, 6.07) is 6.12. The number of carbonyl (C=O) groups excluding carboxylic acids is 2. The van der Waals surface area contributed by atoms with Crippen LogP contribution in [-0.4, -0.2) is 76.0 Å². The predicted molar refractivity (Wildman–Crippen MR) is 109 cm³/mol. The van der Waals surface area contributed by atoms with Crippen molar-refractivity contribution in [1.29, 1.82) is 0 Å². The zero-order valence-electron chi connectivity index (χ0n) is 16.6. The number of pyridine rings is 2. The van der Waals surface area contributed by atoms with E-state index < -0.39 is 17.7 Å². The Hall–Kier alpha value is -3.10. The number of Topliss-reactive ketones (excluding diaryl/α,β-unsaturated/α-hetero) is 1. The largest absolute Gasteiger partial charge is 0.507 e. The Morgan fingerprint density at radius 2 is 1.63 bits per heavy atom. The summed E-state index contributed by atoms with van der Waals surface area (Å²) in [5.41, 5.74) is 1.30. The minimum atomic E-state index is -0.669. The van der Waals surface area contributed by atoms with Crippen LogP contribution in [0.1, 0.15) is 23.6 Å². The van der Waals surface area contributed by atoms with Gasteiger partial charge in [0, 0.05) is 56.5 Å². The molecule has 2 aromatic heterocycles. The normalized spacial score (nSPS) is 21.9. The summed E-state index contributed by atoms with van der Waals surface area (Å²) >= 11 is 0. The van der Waals surface area contributed by atoms with Crippen molar-refractivity contribution < 1.29 is 19.4 Å². The number of hydrogen-bond acceptors (Lipinski definition) is 7. The van der Waals surface area contributed by atoms with Gasteiger partial charge < -0.3 is 14.7 Å². The fourth-order valence-corrected chi connectivity index (χ4v) is 3.96. The summed E-state index contributed by atoms with van der Waals surface area (Å²) in [6.07, 6.45) is 7.04. The summed E-state index contributed by atoms with van der Waals surface area (Å²) in [5.74, 6) is -1.44. The van der Waals surface area contributed by atoms with Gasteiger partial charge in [-0.05, 0) is 36.2 Å². The third kappa shape index (κ3) is 4.10. The van der Waals surface area contributed by atoms with Crippen LogP contribution in [0, 0.1) is 0 Å². The first-order valence-electron chi connectivity index (χ1n) is 10.1. The van der Waals surface area contributed by atoms with Crippen LogP contribution in [0.25, 0.3) is 5.76 Å². The number of nitrogens with zero attached hydrogens (tertiary/aromatic N) is 4. The fraction of sp³-hybridized carbons (Fsp3) is 0.364. The standard InChI is InChI=1S/C22H24N4O4/c27-20(17-4-8-24-9-5-17)18-19(16-2-6-23-7-3-16)26(22(29)21(18)28)11-1-10-25-12-14-30-15-13-25/h2-9,19,27H,1,10-15H2/b20-18+/t19-/m1/s1. The van der Waals surface area contributed by atoms with Crippen LogP contribution in [0.15, 0.2) is 54.6 Å². The molecule has 0 spiro atoms. The Bertz CT molecular complexity index is 927. The second-order valence-electron chi connectivity index (χ2n) is 7.32. The molecule has 0 saturated carbocycles. The topological polar surface area (TPSA) is 95.9 Å². The number of aliphatic hydroxyl groups is 1. The molecule has 8 heteroatoms. The molecule has 4 rings (SSSR count). The van der Waals surface area contributed by atoms with Gasteiger partial charge in [-0.3, -0.25) is 24.5 Å². The Labute approximate surface area is 174 Å². The van der Waals surface area contributed by atoms with Gasteiger partial charge in [-0.1, -0.05) is 0 Å². The number of amides is 1. The molecular formula is C22H24N4O4. The first kappa shape index (κ1) is 20.2. The van der Waals surface area contributed by atoms with E-state index in [9.17, 15) is 14.7 Å². The highest BCUT2D eigenvalue weighted by atomic mass is 16.5. The van der Waals surface area contributed by atoms with Gasteiger partial charge >= 0.3 is 0 Å². The third-order valence-corrected chi connectivity index (χ3v) is 5.49. The predicted octanol–water partition coefficient (Wildman–Crippen LogP) is 1.62. The van der Waals surface area contributed by atoms with Crippen molar-refractivity contribution >= 4 is 17.4 Å². The minimum Gasteiger partial charge on any atom is -0.507 e. The number of rotatable bonds is 6. The van der Waals surface area contributed by atoms with E-state index in [4.69, 9.17) is 4.74 Å². The molecule has 1 atom stereocenters. The van der Waals surface area contributed by atoms with Crippen molar-refractivity contribution in [2.75, 3.05) is 39.4 Å². The first-order chi connectivity index (χ1) is 14.7. The smallest absolute Gasteiger partial charge is 0.295 e. The second kappa shape index (κ2) is 9.15. The van der Waals surface area contributed by atoms with Gasteiger partial charge in [0.05, 0.1) is 24.8 Å². The van der Waals surface area contributed by atoms with E-state index in [1.807, 2.05) is 0 Å². The number of aromatic nitrogens is 2. The molecule has 0 radical (unpaired) electrons. The highest BCUT2D eigenvalue weighted by Crippen LogP contribution is 2.39. The molecular weight excluding hydrogens is 384 g/mol. The van der Waals surface area contributed by atoms with Gasteiger partial charge in [-0.25, -0.2) is 0 Å². The zero-order chi connectivity index (χ0) is 20.9. The zero-order valence-corrected chi connectivity index (χ0v) is 16.6. The van der Waals surface area contributed by atoms with E-state index in [1.54, 1.807) is 41.6 Å². The molecule has 2 fully saturated rings. The number of likely N-dealkylation sites (tertiary alicyclic amines) is 1. The lowest BCUT2D eigenvalue weighted by Crippen LogP contribution is -2.38. The van der Waals surface area contributed by atoms with Crippen molar-refractivity contribution in [2.45, 2.75) is 12.5 Å². The maximum Gasteiger partial charge on any atom is 0.295 e. The summed E-state index contributed by atoms with van der Waals surface area (Å²) in [7, 11) is 0. The highest BCUT2D eigenvalue weighted by Gasteiger charge is 2.45. The van der Waals surface area contributed by atoms with Gasteiger partial charge in [0.25, 0.3) is 11.7 Å². The van der Waals surface area contributed by atoms with Gasteiger partial charge in [0.1, 0.15) is 5.76 Å². The molecule has 0 unspecified atom stereocenters. The molecule has 0 aliphatic carbocycles. The van der Waals surface area contributed by atoms with Crippen molar-refractivity contribution in [3.05, 3.63) is 65.8 Å². The van der Waals surface area contributed by atoms with E-state index in [0.29, 0.717) is 25.3 Å². The quantitative estimate of drug-likeness (QED) is 0.441. The average Bonchev–Trinajstić information content (AvgIpc) is 3.05. The summed E-state index contributed by atoms with van der Waals surface area (Å²) in [4.78, 5) is 37.6. The molecule has 1 amide bonds. The van der Waals surface area contributed by atoms with Crippen LogP contribution in [0.2, 0.25) is 0 Å². The molecule has 0 bridgehead atoms. The molecule has 8 nitrogen and oxygen atoms in total. The summed E-state index contributed by atoms with van der Waals surface area (Å²) in [5, 5.41) is 10.9. The highest BCUT2D eigenvalue weighted by molar-refractivity contribution is 6.46. The molecule has 1 N–H and O–H groups in total. The molecule has 2 saturated heterocycles. The van der Waals surface area contributed by atoms with E-state index >= 15 is 0 Å². The van der Waals surface area contributed by atoms with Crippen LogP contribution in [0.4, 0.5) is 0 Å². The maximum atomic E-state index is 12.9. The van der Waals surface area contributed by atoms with E-state index in [-0.39, 0.29) is 11.3 Å². The lowest BCUT2D eigenvalue weighted by Gasteiger charge is -2.29. The van der Waals surface area contributed by atoms with Crippen LogP contribution < -0.4 is 0 Å². The fourth-order valence-electron chi connectivity index (χ4n) is 3.96. The minimum absolute atomic E-state index is 0.101. The van der Waals surface area contributed by atoms with Crippen molar-refractivity contribution in [1.82, 2.24) is 19.8 Å². The SMILES string of the molecule is O=C1C(=O)N(CCCN2CCOCC2)[C@H](c2ccncc2)/C1=C(\O)c1ccncc1. The Kier molecular flexibility index (Phi) is 6.15. The Morgan fingerprint density at radius 1 is 1.00 bits per heavy atom. The average molecular weight is 408 g/mol. The van der Waals surface area contributed by atoms with Crippen molar-refractivity contribution in [3.63, 3.8) is 0 Å². The second-order valence-corrected chi connectivity index (χ2v) is 7.32. The van der Waals surface area contributed by atoms with Crippen LogP contribution in [0.3, 0.4) is 0 Å². The van der Waals surface area contributed by atoms with Crippen molar-refractivity contribution in [2.24, 2.45) is 0 Å². The molecule has 0 aromatic carbocycles. The van der Waals surface area contributed by atoms with Gasteiger partial charge in [-0.15, -0.1) is 0 Å². The van der Waals surface area contributed by atoms with Crippen LogP contribution in [-0.2, 0) is 14.3 Å². The maximum absolute atomic E-state index is 12.9. The number of hydrogen-bond donors (Lipinski definition) is 1. The van der Waals surface area contributed by atoms with Gasteiger partial charge in [0.15, 0.2) is 0 Å². The third-order valence-electron chi connectivity index (χ3n) is 5.49. The monoisotopic (exact) mass is 408 g/mol. The molecule has 4 heterocycles. The molecule has 2 aromatic rings.